The van der Waals surface area contributed by atoms with E-state index in [0.29, 0.717) is 22.1 Å². The molecule has 16 heavy (non-hydrogen) atoms. The van der Waals surface area contributed by atoms with Gasteiger partial charge < -0.3 is 0 Å². The molecule has 0 N–H and O–H groups in total. The molecular weight excluding hydrogens is 243 g/mol. The van der Waals surface area contributed by atoms with E-state index in [1.54, 1.807) is 0 Å². The molecule has 0 aliphatic heterocycles. The summed E-state index contributed by atoms with van der Waals surface area (Å²) in [4.78, 5) is 0. The third kappa shape index (κ3) is 1.63. The number of hydrogen-bond donors (Lipinski definition) is 0. The van der Waals surface area contributed by atoms with Crippen molar-refractivity contribution in [2.75, 3.05) is 0 Å². The molecule has 0 unspecified atom stereocenters. The van der Waals surface area contributed by atoms with Gasteiger partial charge in [-0.1, -0.05) is 36.0 Å². The van der Waals surface area contributed by atoms with Crippen LogP contribution in [-0.2, 0) is 0 Å². The first-order chi connectivity index (χ1) is 7.77. The summed E-state index contributed by atoms with van der Waals surface area (Å²) in [6, 6.07) is 0. The molecule has 2 aliphatic rings. The van der Waals surface area contributed by atoms with Crippen LogP contribution in [0.5, 0.6) is 0 Å². The highest BCUT2D eigenvalue weighted by Crippen LogP contribution is 2.48. The molecule has 2 saturated carbocycles. The monoisotopic (exact) mass is 256 g/mol. The van der Waals surface area contributed by atoms with Crippen molar-refractivity contribution < 1.29 is 0 Å². The molecule has 2 aliphatic carbocycles. The summed E-state index contributed by atoms with van der Waals surface area (Å²) in [5, 5.41) is 9.09. The third-order valence-electron chi connectivity index (χ3n) is 3.99. The van der Waals surface area contributed by atoms with Gasteiger partial charge in [0.15, 0.2) is 10.3 Å². The molecule has 0 atom stereocenters. The Bertz CT molecular complexity index is 373. The molecular formula is C12H14Cl2N2. The van der Waals surface area contributed by atoms with E-state index in [-0.39, 0.29) is 0 Å². The van der Waals surface area contributed by atoms with Crippen LogP contribution in [0.15, 0.2) is 0 Å². The van der Waals surface area contributed by atoms with Gasteiger partial charge in [-0.15, -0.1) is 10.2 Å². The summed E-state index contributed by atoms with van der Waals surface area (Å²) in [6.45, 7) is 0. The Morgan fingerprint density at radius 3 is 1.38 bits per heavy atom. The highest BCUT2D eigenvalue weighted by atomic mass is 35.5. The Balaban J connectivity index is 2.06. The number of nitrogens with zero attached hydrogens (tertiary/aromatic N) is 2. The Morgan fingerprint density at radius 1 is 0.750 bits per heavy atom. The van der Waals surface area contributed by atoms with Crippen LogP contribution >= 0.6 is 23.2 Å². The predicted octanol–water partition coefficient (Wildman–Crippen LogP) is 4.32. The van der Waals surface area contributed by atoms with E-state index in [0.717, 1.165) is 0 Å². The van der Waals surface area contributed by atoms with E-state index in [1.165, 1.54) is 49.7 Å². The fraction of sp³-hybridized carbons (Fsp3) is 0.667. The highest BCUT2D eigenvalue weighted by Gasteiger charge is 2.32. The van der Waals surface area contributed by atoms with Gasteiger partial charge >= 0.3 is 0 Å². The Morgan fingerprint density at radius 2 is 1.12 bits per heavy atom. The smallest absolute Gasteiger partial charge is 0.137 e. The fourth-order valence-corrected chi connectivity index (χ4v) is 3.18. The van der Waals surface area contributed by atoms with Crippen molar-refractivity contribution in [2.45, 2.75) is 50.4 Å². The van der Waals surface area contributed by atoms with Gasteiger partial charge in [0.25, 0.3) is 0 Å². The Hall–Kier alpha value is -0.340. The molecule has 4 heteroatoms. The maximum absolute atomic E-state index is 6.20. The van der Waals surface area contributed by atoms with Gasteiger partial charge in [0.2, 0.25) is 0 Å². The normalized spacial score (nSPS) is 21.6. The molecule has 0 amide bonds. The van der Waals surface area contributed by atoms with Crippen LogP contribution in [-0.4, -0.2) is 10.2 Å². The van der Waals surface area contributed by atoms with Crippen molar-refractivity contribution in [2.24, 2.45) is 0 Å². The standard InChI is InChI=1S/C12H14Cl2N2/c13-11-9(7-3-1-4-7)10(8-5-2-6-8)12(14)16-15-11/h7-8H,1-6H2. The average molecular weight is 257 g/mol. The van der Waals surface area contributed by atoms with Crippen LogP contribution in [0, 0.1) is 0 Å². The zero-order valence-electron chi connectivity index (χ0n) is 9.05. The first-order valence-electron chi connectivity index (χ1n) is 5.99. The molecule has 1 aromatic rings. The van der Waals surface area contributed by atoms with Crippen LogP contribution in [0.2, 0.25) is 10.3 Å². The van der Waals surface area contributed by atoms with Gasteiger partial charge in [-0.3, -0.25) is 0 Å². The Labute approximate surface area is 105 Å². The quantitative estimate of drug-likeness (QED) is 0.788. The summed E-state index contributed by atoms with van der Waals surface area (Å²) in [6.07, 6.45) is 7.49. The minimum absolute atomic E-state index is 0.580. The second-order valence-electron chi connectivity index (χ2n) is 4.86. The van der Waals surface area contributed by atoms with Crippen molar-refractivity contribution in [3.63, 3.8) is 0 Å². The lowest BCUT2D eigenvalue weighted by Gasteiger charge is -2.34. The maximum Gasteiger partial charge on any atom is 0.155 e. The number of halogens is 2. The SMILES string of the molecule is Clc1nnc(Cl)c(C2CCC2)c1C1CCC1. The van der Waals surface area contributed by atoms with E-state index >= 15 is 0 Å². The first kappa shape index (κ1) is 10.8. The minimum Gasteiger partial charge on any atom is -0.137 e. The number of hydrogen-bond acceptors (Lipinski definition) is 2. The van der Waals surface area contributed by atoms with Gasteiger partial charge in [0.1, 0.15) is 0 Å². The maximum atomic E-state index is 6.20. The minimum atomic E-state index is 0.580. The summed E-state index contributed by atoms with van der Waals surface area (Å²) in [7, 11) is 0. The fourth-order valence-electron chi connectivity index (χ4n) is 2.59. The molecule has 1 heterocycles. The van der Waals surface area contributed by atoms with Crippen LogP contribution in [0.1, 0.15) is 61.5 Å². The lowest BCUT2D eigenvalue weighted by Crippen LogP contribution is -2.19. The zero-order valence-corrected chi connectivity index (χ0v) is 10.6. The largest absolute Gasteiger partial charge is 0.155 e. The zero-order chi connectivity index (χ0) is 11.1. The van der Waals surface area contributed by atoms with E-state index in [4.69, 9.17) is 23.2 Å². The van der Waals surface area contributed by atoms with E-state index in [2.05, 4.69) is 10.2 Å². The van der Waals surface area contributed by atoms with Crippen LogP contribution in [0.25, 0.3) is 0 Å². The molecule has 1 aromatic heterocycles. The van der Waals surface area contributed by atoms with Crippen LogP contribution in [0.4, 0.5) is 0 Å². The van der Waals surface area contributed by atoms with Crippen LogP contribution in [0.3, 0.4) is 0 Å². The van der Waals surface area contributed by atoms with Crippen LogP contribution < -0.4 is 0 Å². The topological polar surface area (TPSA) is 25.8 Å². The van der Waals surface area contributed by atoms with E-state index in [1.807, 2.05) is 0 Å². The van der Waals surface area contributed by atoms with E-state index in [9.17, 15) is 0 Å². The molecule has 0 radical (unpaired) electrons. The molecule has 0 spiro atoms. The molecule has 86 valence electrons. The van der Waals surface area contributed by atoms with Gasteiger partial charge in [0, 0.05) is 11.1 Å². The van der Waals surface area contributed by atoms with Crippen molar-refractivity contribution >= 4 is 23.2 Å². The lowest BCUT2D eigenvalue weighted by atomic mass is 9.72. The van der Waals surface area contributed by atoms with Gasteiger partial charge in [0.05, 0.1) is 0 Å². The highest BCUT2D eigenvalue weighted by molar-refractivity contribution is 6.32. The van der Waals surface area contributed by atoms with Crippen molar-refractivity contribution in [3.05, 3.63) is 21.4 Å². The lowest BCUT2D eigenvalue weighted by molar-refractivity contribution is 0.386. The molecule has 2 fully saturated rings. The summed E-state index contributed by atoms with van der Waals surface area (Å²) < 4.78 is 0. The number of rotatable bonds is 2. The molecule has 0 bridgehead atoms. The average Bonchev–Trinajstić information content (AvgIpc) is 2.11. The van der Waals surface area contributed by atoms with Gasteiger partial charge in [-0.25, -0.2) is 0 Å². The first-order valence-corrected chi connectivity index (χ1v) is 6.74. The molecule has 0 aromatic carbocycles. The summed E-state index contributed by atoms with van der Waals surface area (Å²) in [5.41, 5.74) is 2.41. The second-order valence-corrected chi connectivity index (χ2v) is 5.58. The summed E-state index contributed by atoms with van der Waals surface area (Å²) >= 11 is 12.4. The third-order valence-corrected chi connectivity index (χ3v) is 4.55. The van der Waals surface area contributed by atoms with E-state index < -0.39 is 0 Å². The van der Waals surface area contributed by atoms with Crippen molar-refractivity contribution in [1.29, 1.82) is 0 Å². The predicted molar refractivity (Wildman–Crippen MR) is 65.2 cm³/mol. The molecule has 3 rings (SSSR count). The Kier molecular flexibility index (Phi) is 2.80. The van der Waals surface area contributed by atoms with Gasteiger partial charge in [-0.05, 0) is 37.5 Å². The summed E-state index contributed by atoms with van der Waals surface area (Å²) in [5.74, 6) is 1.16. The van der Waals surface area contributed by atoms with Crippen molar-refractivity contribution in [1.82, 2.24) is 10.2 Å². The van der Waals surface area contributed by atoms with Gasteiger partial charge in [-0.2, -0.15) is 0 Å². The second kappa shape index (κ2) is 4.15. The number of aromatic nitrogens is 2. The molecule has 2 nitrogen and oxygen atoms in total. The molecule has 0 saturated heterocycles. The van der Waals surface area contributed by atoms with Crippen molar-refractivity contribution in [3.8, 4) is 0 Å².